The van der Waals surface area contributed by atoms with Crippen LogP contribution >= 0.6 is 0 Å². The van der Waals surface area contributed by atoms with Crippen LogP contribution in [0.15, 0.2) is 35.5 Å². The third kappa shape index (κ3) is 49.8. The van der Waals surface area contributed by atoms with Crippen LogP contribution in [0, 0.1) is 0 Å². The van der Waals surface area contributed by atoms with Gasteiger partial charge in [-0.25, -0.2) is 29.9 Å². The number of aromatic nitrogens is 8. The van der Waals surface area contributed by atoms with Crippen molar-refractivity contribution in [3.05, 3.63) is 46.2 Å². The van der Waals surface area contributed by atoms with Crippen LogP contribution in [0.1, 0.15) is 100 Å². The van der Waals surface area contributed by atoms with E-state index in [4.69, 9.17) is 149 Å². The Balaban J connectivity index is 0.000000486. The van der Waals surface area contributed by atoms with E-state index in [1.165, 1.54) is 12.7 Å². The number of rotatable bonds is 84. The van der Waals surface area contributed by atoms with Gasteiger partial charge in [0.15, 0.2) is 71.9 Å². The molecule has 2 aliphatic heterocycles. The van der Waals surface area contributed by atoms with Crippen LogP contribution in [0.4, 0.5) is 11.6 Å². The van der Waals surface area contributed by atoms with Gasteiger partial charge in [-0.1, -0.05) is 72.5 Å². The maximum atomic E-state index is 13.3. The largest absolute Gasteiger partial charge is 0.414 e. The van der Waals surface area contributed by atoms with Gasteiger partial charge in [-0.2, -0.15) is 0 Å². The summed E-state index contributed by atoms with van der Waals surface area (Å²) >= 11 is 0. The van der Waals surface area contributed by atoms with Crippen molar-refractivity contribution in [3.8, 4) is 0 Å². The molecular weight excluding hydrogens is 1850 g/mol. The molecule has 0 spiro atoms. The minimum Gasteiger partial charge on any atom is -0.414 e. The maximum Gasteiger partial charge on any atom is 0.192 e. The third-order valence-electron chi connectivity index (χ3n) is 22.8. The predicted molar refractivity (Wildman–Crippen MR) is 514 cm³/mol. The quantitative estimate of drug-likeness (QED) is 0.0122. The molecule has 2 fully saturated rings. The first-order valence-electron chi connectivity index (χ1n) is 47.5. The lowest BCUT2D eigenvalue weighted by molar-refractivity contribution is -0.131. The standard InChI is InChI=1S/C47H88N8O15Si2.C41H74N8O15Si/c1-46(2,3)71(7,8)68-35-39-41(70-72(9,10)47(4,5)6)42(45(69-39)55-37-52-40-43(48)50-36-51-44(40)55)67-34-38(56)12-11-14-57-16-18-59-20-22-61-24-26-63-28-30-65-32-33-66-31-29-64-27-25-62-23-21-60-19-17-58-15-13-53-54-49;1-41(2,3)65(4,5)64-36-34(29-50)63-40(49-32-46-35-38(42)44-31-45-39(35)49)37(36)62-30-33(51)7-6-9-52-11-13-54-15-17-56-19-21-58-23-25-60-27-28-61-26-24-59-22-20-57-18-16-55-14-12-53-10-8-47-48-43/h36-37,39,41-42,45H,11-35H2,1-10H3,(H2,48,50,51);31-32,34,36-37,40,50H,6-30H2,1-5H3,(H2,42,44,45)/t39-,41-,42-,45-;34-,36-,37-,40-/m11/s1. The Hall–Kier alpha value is -5.81. The maximum absolute atomic E-state index is 13.3. The zero-order chi connectivity index (χ0) is 99.7. The van der Waals surface area contributed by atoms with Gasteiger partial charge in [0.2, 0.25) is 0 Å². The summed E-state index contributed by atoms with van der Waals surface area (Å²) in [5.41, 5.74) is 30.4. The summed E-state index contributed by atoms with van der Waals surface area (Å²) in [6.07, 6.45) is 2.25. The highest BCUT2D eigenvalue weighted by molar-refractivity contribution is 6.75. The number of ketones is 2. The second-order valence-electron chi connectivity index (χ2n) is 36.2. The molecule has 2 saturated heterocycles. The number of imidazole rings is 2. The number of hydrogen-bond donors (Lipinski definition) is 3. The minimum atomic E-state index is -2.38. The molecule has 786 valence electrons. The van der Waals surface area contributed by atoms with Gasteiger partial charge in [0.1, 0.15) is 73.5 Å². The lowest BCUT2D eigenvalue weighted by Crippen LogP contribution is -2.51. The molecule has 0 bridgehead atoms. The van der Waals surface area contributed by atoms with E-state index >= 15 is 0 Å². The Kier molecular flexibility index (Phi) is 62.9. The zero-order valence-electron chi connectivity index (χ0n) is 84.0. The molecule has 0 aliphatic carbocycles. The molecule has 6 heterocycles. The van der Waals surface area contributed by atoms with E-state index in [1.54, 1.807) is 21.8 Å². The van der Waals surface area contributed by atoms with E-state index in [1.807, 2.05) is 0 Å². The van der Waals surface area contributed by atoms with Crippen LogP contribution < -0.4 is 11.5 Å². The molecule has 6 rings (SSSR count). The number of aliphatic hydroxyl groups is 1. The highest BCUT2D eigenvalue weighted by atomic mass is 28.4. The summed E-state index contributed by atoms with van der Waals surface area (Å²) in [6, 6.07) is 0. The van der Waals surface area contributed by atoms with Crippen molar-refractivity contribution in [2.75, 3.05) is 315 Å². The van der Waals surface area contributed by atoms with Gasteiger partial charge in [0.05, 0.1) is 277 Å². The Labute approximate surface area is 810 Å². The molecule has 5 N–H and O–H groups in total. The Bertz CT molecular complexity index is 3910. The van der Waals surface area contributed by atoms with Gasteiger partial charge in [0, 0.05) is 49.0 Å². The highest BCUT2D eigenvalue weighted by Crippen LogP contribution is 2.46. The van der Waals surface area contributed by atoms with E-state index in [2.05, 4.69) is 152 Å². The number of azide groups is 2. The number of ether oxygens (including phenoxy) is 24. The van der Waals surface area contributed by atoms with Crippen LogP contribution in [-0.2, 0) is 137 Å². The van der Waals surface area contributed by atoms with Crippen molar-refractivity contribution in [1.29, 1.82) is 0 Å². The summed E-state index contributed by atoms with van der Waals surface area (Å²) in [5, 5.41) is 16.9. The molecule has 137 heavy (non-hydrogen) atoms. The number of carbonyl (C=O) groups excluding carboxylic acids is 2. The molecule has 4 aromatic rings. The molecule has 46 nitrogen and oxygen atoms in total. The average Bonchev–Trinajstić information content (AvgIpc) is 1.61. The van der Waals surface area contributed by atoms with Crippen molar-refractivity contribution in [1.82, 2.24) is 39.0 Å². The lowest BCUT2D eigenvalue weighted by atomic mass is 10.1. The van der Waals surface area contributed by atoms with E-state index in [0.717, 1.165) is 0 Å². The Morgan fingerprint density at radius 3 is 0.876 bits per heavy atom. The van der Waals surface area contributed by atoms with E-state index in [9.17, 15) is 14.7 Å². The summed E-state index contributed by atoms with van der Waals surface area (Å²) < 4.78 is 160. The summed E-state index contributed by atoms with van der Waals surface area (Å²) in [4.78, 5) is 57.5. The van der Waals surface area contributed by atoms with Crippen molar-refractivity contribution < 1.29 is 142 Å². The monoisotopic (exact) mass is 2010 g/mol. The first-order valence-corrected chi connectivity index (χ1v) is 56.2. The predicted octanol–water partition coefficient (Wildman–Crippen LogP) is 8.83. The van der Waals surface area contributed by atoms with Crippen LogP contribution in [0.25, 0.3) is 43.2 Å². The molecule has 0 radical (unpaired) electrons. The topological polar surface area (TPSA) is 540 Å². The third-order valence-corrected chi connectivity index (χ3v) is 36.3. The number of anilines is 2. The van der Waals surface area contributed by atoms with Crippen molar-refractivity contribution in [2.24, 2.45) is 10.2 Å². The SMILES string of the molecule is CC(C)(C)[Si](C)(C)OC[C@H]1O[C@@H](n2cnc3c(N)ncnc32)[C@H](OCC(=O)CCCOCCOCCOCCOCCOCCOCCOCCOCCOCCOCCN=[N+]=[N-])[C@@H]1O[Si](C)(C)C(C)(C)C.CC(C)(C)[Si](C)(C)O[C@H]1[C@@H](OCC(=O)CCCOCCOCCOCCOCCOCCOCCOCCOCCOCCOCCN=[N+]=[N-])[C@H](n2cnc3c(N)ncnc32)O[C@@H]1CO. The van der Waals surface area contributed by atoms with Gasteiger partial charge < -0.3 is 144 Å². The van der Waals surface area contributed by atoms with Crippen LogP contribution in [0.2, 0.25) is 54.4 Å². The van der Waals surface area contributed by atoms with Gasteiger partial charge >= 0.3 is 0 Å². The molecule has 8 atom stereocenters. The van der Waals surface area contributed by atoms with E-state index in [0.29, 0.717) is 319 Å². The number of fused-ring (bicyclic) bond motifs is 2. The number of carbonyl (C=O) groups is 2. The number of nitrogen functional groups attached to an aromatic ring is 2. The second-order valence-corrected chi connectivity index (χ2v) is 50.5. The van der Waals surface area contributed by atoms with Crippen LogP contribution in [0.3, 0.4) is 0 Å². The van der Waals surface area contributed by atoms with Gasteiger partial charge in [-0.3, -0.25) is 18.7 Å². The molecule has 4 aromatic heterocycles. The van der Waals surface area contributed by atoms with Crippen LogP contribution in [-0.4, -0.2) is 421 Å². The Morgan fingerprint density at radius 1 is 0.372 bits per heavy atom. The smallest absolute Gasteiger partial charge is 0.192 e. The first kappa shape index (κ1) is 122. The fourth-order valence-corrected chi connectivity index (χ4v) is 15.8. The summed E-state index contributed by atoms with van der Waals surface area (Å²) in [5.74, 6) is 0.333. The number of Topliss-reactive ketones (excluding diaryl/α,β-unsaturated/α-hetero) is 2. The fraction of sp³-hybridized carbons (Fsp3) is 0.864. The minimum absolute atomic E-state index is 0.0113. The second kappa shape index (κ2) is 70.8. The van der Waals surface area contributed by atoms with Crippen molar-refractivity contribution >= 4 is 70.5 Å². The van der Waals surface area contributed by atoms with Crippen molar-refractivity contribution in [3.63, 3.8) is 0 Å². The molecule has 0 saturated carbocycles. The average molecular weight is 2010 g/mol. The Morgan fingerprint density at radius 2 is 0.620 bits per heavy atom. The van der Waals surface area contributed by atoms with Gasteiger partial charge in [-0.15, -0.1) is 0 Å². The number of aliphatic hydroxyl groups excluding tert-OH is 1. The molecule has 0 amide bonds. The molecule has 0 aromatic carbocycles. The molecule has 0 unspecified atom stereocenters. The number of nitrogens with zero attached hydrogens (tertiary/aromatic N) is 14. The van der Waals surface area contributed by atoms with E-state index in [-0.39, 0.29) is 71.0 Å². The fourth-order valence-electron chi connectivity index (χ4n) is 12.2. The van der Waals surface area contributed by atoms with Gasteiger partial charge in [0.25, 0.3) is 0 Å². The number of hydrogen-bond acceptors (Lipinski definition) is 40. The van der Waals surface area contributed by atoms with Crippen molar-refractivity contribution in [2.45, 2.75) is 191 Å². The summed E-state index contributed by atoms with van der Waals surface area (Å²) in [6.45, 7) is 50.9. The zero-order valence-corrected chi connectivity index (χ0v) is 87.0. The molecular formula is C88H162N16O30Si3. The summed E-state index contributed by atoms with van der Waals surface area (Å²) in [7, 11) is -6.91. The molecule has 2 aliphatic rings. The highest BCUT2D eigenvalue weighted by Gasteiger charge is 2.55. The number of nitrogens with two attached hydrogens (primary N) is 2. The van der Waals surface area contributed by atoms with Gasteiger partial charge in [-0.05, 0) is 78.3 Å². The first-order chi connectivity index (χ1) is 65.9. The molecule has 49 heteroatoms. The van der Waals surface area contributed by atoms with E-state index < -0.39 is 74.0 Å². The normalized spacial score (nSPS) is 17.8. The van der Waals surface area contributed by atoms with Crippen LogP contribution in [0.5, 0.6) is 0 Å². The lowest BCUT2D eigenvalue weighted by Gasteiger charge is -2.41.